The Morgan fingerprint density at radius 1 is 1.32 bits per heavy atom. The van der Waals surface area contributed by atoms with Crippen LogP contribution in [0.5, 0.6) is 0 Å². The zero-order valence-electron chi connectivity index (χ0n) is 12.3. The fourth-order valence-electron chi connectivity index (χ4n) is 1.65. The van der Waals surface area contributed by atoms with Crippen LogP contribution in [-0.2, 0) is 4.74 Å². The highest BCUT2D eigenvalue weighted by atomic mass is 32.1. The Hall–Kier alpha value is -2.26. The first kappa shape index (κ1) is 16.1. The van der Waals surface area contributed by atoms with E-state index in [1.165, 1.54) is 23.7 Å². The number of rotatable bonds is 8. The van der Waals surface area contributed by atoms with E-state index >= 15 is 0 Å². The van der Waals surface area contributed by atoms with Gasteiger partial charge in [-0.25, -0.2) is 4.98 Å². The molecule has 0 fully saturated rings. The summed E-state index contributed by atoms with van der Waals surface area (Å²) in [6.07, 6.45) is -0.120. The van der Waals surface area contributed by atoms with Crippen molar-refractivity contribution >= 4 is 28.0 Å². The van der Waals surface area contributed by atoms with Crippen molar-refractivity contribution in [2.45, 2.75) is 13.0 Å². The highest BCUT2D eigenvalue weighted by Gasteiger charge is 2.10. The molecule has 1 atom stereocenters. The quantitative estimate of drug-likeness (QED) is 0.437. The Kier molecular flexibility index (Phi) is 5.61. The summed E-state index contributed by atoms with van der Waals surface area (Å²) in [6.45, 7) is 3.21. The molecule has 1 unspecified atom stereocenters. The summed E-state index contributed by atoms with van der Waals surface area (Å²) in [5, 5.41) is 17.6. The van der Waals surface area contributed by atoms with E-state index in [4.69, 9.17) is 4.74 Å². The van der Waals surface area contributed by atoms with Crippen molar-refractivity contribution in [2.24, 2.45) is 0 Å². The largest absolute Gasteiger partial charge is 0.383 e. The number of nitrogens with one attached hydrogen (secondary N) is 2. The molecule has 8 nitrogen and oxygen atoms in total. The van der Waals surface area contributed by atoms with Gasteiger partial charge in [0.1, 0.15) is 6.10 Å². The zero-order valence-corrected chi connectivity index (χ0v) is 13.1. The smallest absolute Gasteiger partial charge is 0.269 e. The van der Waals surface area contributed by atoms with Crippen molar-refractivity contribution in [3.05, 3.63) is 40.2 Å². The first-order valence-corrected chi connectivity index (χ1v) is 7.46. The van der Waals surface area contributed by atoms with Gasteiger partial charge in [-0.05, 0) is 19.1 Å². The fourth-order valence-corrected chi connectivity index (χ4v) is 2.32. The van der Waals surface area contributed by atoms with Crippen LogP contribution in [0, 0.1) is 10.1 Å². The third kappa shape index (κ3) is 4.37. The van der Waals surface area contributed by atoms with E-state index in [2.05, 4.69) is 20.0 Å². The van der Waals surface area contributed by atoms with Crippen molar-refractivity contribution < 1.29 is 9.66 Å². The Balaban J connectivity index is 1.75. The minimum Gasteiger partial charge on any atom is -0.383 e. The number of methoxy groups -OCH3 is 1. The second-order valence-electron chi connectivity index (χ2n) is 4.49. The van der Waals surface area contributed by atoms with Gasteiger partial charge in [0, 0.05) is 49.6 Å². The maximum Gasteiger partial charge on any atom is 0.269 e. The standard InChI is InChI=1S/C13H17N5O3S/c1-9(21-2)12-16-13(22-17-12)15-8-7-14-10-3-5-11(6-4-10)18(19)20/h3-6,9,14H,7-8H2,1-2H3,(H,15,16,17). The third-order valence-electron chi connectivity index (χ3n) is 2.97. The summed E-state index contributed by atoms with van der Waals surface area (Å²) < 4.78 is 9.36. The molecule has 0 saturated carbocycles. The minimum absolute atomic E-state index is 0.0809. The van der Waals surface area contributed by atoms with E-state index in [9.17, 15) is 10.1 Å². The normalized spacial score (nSPS) is 11.9. The molecule has 0 amide bonds. The second kappa shape index (κ2) is 7.66. The number of hydrogen-bond acceptors (Lipinski definition) is 8. The topological polar surface area (TPSA) is 102 Å². The van der Waals surface area contributed by atoms with Crippen molar-refractivity contribution in [1.82, 2.24) is 9.36 Å². The lowest BCUT2D eigenvalue weighted by atomic mass is 10.3. The molecule has 0 aliphatic heterocycles. The van der Waals surface area contributed by atoms with E-state index < -0.39 is 4.92 Å². The van der Waals surface area contributed by atoms with Crippen molar-refractivity contribution in [1.29, 1.82) is 0 Å². The first-order chi connectivity index (χ1) is 10.6. The molecule has 1 heterocycles. The summed E-state index contributed by atoms with van der Waals surface area (Å²) in [6, 6.07) is 6.31. The van der Waals surface area contributed by atoms with Crippen LogP contribution in [0.1, 0.15) is 18.9 Å². The van der Waals surface area contributed by atoms with Gasteiger partial charge in [-0.2, -0.15) is 4.37 Å². The fraction of sp³-hybridized carbons (Fsp3) is 0.385. The van der Waals surface area contributed by atoms with E-state index in [0.29, 0.717) is 18.9 Å². The van der Waals surface area contributed by atoms with E-state index in [1.54, 1.807) is 19.2 Å². The first-order valence-electron chi connectivity index (χ1n) is 6.68. The molecular formula is C13H17N5O3S. The molecule has 0 aliphatic rings. The molecule has 118 valence electrons. The number of nitro groups is 1. The molecule has 1 aromatic carbocycles. The van der Waals surface area contributed by atoms with Gasteiger partial charge >= 0.3 is 0 Å². The Bertz CT molecular complexity index is 616. The highest BCUT2D eigenvalue weighted by Crippen LogP contribution is 2.18. The molecule has 0 spiro atoms. The monoisotopic (exact) mass is 323 g/mol. The summed E-state index contributed by atoms with van der Waals surface area (Å²) in [7, 11) is 1.62. The molecule has 0 aliphatic carbocycles. The number of nitrogens with zero attached hydrogens (tertiary/aromatic N) is 3. The molecule has 0 saturated heterocycles. The van der Waals surface area contributed by atoms with Gasteiger partial charge in [0.2, 0.25) is 5.13 Å². The van der Waals surface area contributed by atoms with Crippen LogP contribution in [0.2, 0.25) is 0 Å². The van der Waals surface area contributed by atoms with Crippen LogP contribution < -0.4 is 10.6 Å². The van der Waals surface area contributed by atoms with Crippen molar-refractivity contribution in [3.8, 4) is 0 Å². The second-order valence-corrected chi connectivity index (χ2v) is 5.25. The maximum atomic E-state index is 10.6. The number of anilines is 2. The van der Waals surface area contributed by atoms with Crippen molar-refractivity contribution in [3.63, 3.8) is 0 Å². The molecule has 0 radical (unpaired) electrons. The lowest BCUT2D eigenvalue weighted by Crippen LogP contribution is -2.13. The molecule has 9 heteroatoms. The van der Waals surface area contributed by atoms with Gasteiger partial charge in [-0.15, -0.1) is 0 Å². The van der Waals surface area contributed by atoms with Gasteiger partial charge in [0.25, 0.3) is 5.69 Å². The molecule has 0 bridgehead atoms. The molecule has 2 aromatic rings. The third-order valence-corrected chi connectivity index (χ3v) is 3.65. The van der Waals surface area contributed by atoms with Crippen LogP contribution in [0.15, 0.2) is 24.3 Å². The van der Waals surface area contributed by atoms with E-state index in [-0.39, 0.29) is 11.8 Å². The Morgan fingerprint density at radius 3 is 2.64 bits per heavy atom. The van der Waals surface area contributed by atoms with Crippen LogP contribution in [0.4, 0.5) is 16.5 Å². The average Bonchev–Trinajstić information content (AvgIpc) is 3.00. The van der Waals surface area contributed by atoms with Gasteiger partial charge < -0.3 is 15.4 Å². The number of aromatic nitrogens is 2. The predicted octanol–water partition coefficient (Wildman–Crippen LogP) is 2.68. The summed E-state index contributed by atoms with van der Waals surface area (Å²) in [4.78, 5) is 14.5. The lowest BCUT2D eigenvalue weighted by molar-refractivity contribution is -0.384. The van der Waals surface area contributed by atoms with Gasteiger partial charge in [0.05, 0.1) is 4.92 Å². The number of ether oxygens (including phenoxy) is 1. The highest BCUT2D eigenvalue weighted by molar-refractivity contribution is 7.09. The van der Waals surface area contributed by atoms with Gasteiger partial charge in [0.15, 0.2) is 5.82 Å². The number of nitro benzene ring substituents is 1. The number of hydrogen-bond donors (Lipinski definition) is 2. The molecule has 2 N–H and O–H groups in total. The Morgan fingerprint density at radius 2 is 2.00 bits per heavy atom. The van der Waals surface area contributed by atoms with Crippen LogP contribution in [-0.4, -0.2) is 34.5 Å². The van der Waals surface area contributed by atoms with Crippen LogP contribution in [0.3, 0.4) is 0 Å². The Labute approximate surface area is 131 Å². The lowest BCUT2D eigenvalue weighted by Gasteiger charge is -2.06. The van der Waals surface area contributed by atoms with Crippen LogP contribution in [0.25, 0.3) is 0 Å². The maximum absolute atomic E-state index is 10.6. The molecule has 1 aromatic heterocycles. The number of non-ortho nitro benzene ring substituents is 1. The van der Waals surface area contributed by atoms with E-state index in [0.717, 1.165) is 10.8 Å². The summed E-state index contributed by atoms with van der Waals surface area (Å²) >= 11 is 1.29. The van der Waals surface area contributed by atoms with Crippen LogP contribution >= 0.6 is 11.5 Å². The molecular weight excluding hydrogens is 306 g/mol. The molecule has 22 heavy (non-hydrogen) atoms. The van der Waals surface area contributed by atoms with Gasteiger partial charge in [-0.1, -0.05) is 0 Å². The zero-order chi connectivity index (χ0) is 15.9. The predicted molar refractivity (Wildman–Crippen MR) is 85.4 cm³/mol. The SMILES string of the molecule is COC(C)c1nsc(NCCNc2ccc([N+](=O)[O-])cc2)n1. The van der Waals surface area contributed by atoms with Gasteiger partial charge in [-0.3, -0.25) is 10.1 Å². The van der Waals surface area contributed by atoms with Crippen molar-refractivity contribution in [2.75, 3.05) is 30.8 Å². The summed E-state index contributed by atoms with van der Waals surface area (Å²) in [5.41, 5.74) is 0.913. The summed E-state index contributed by atoms with van der Waals surface area (Å²) in [5.74, 6) is 0.665. The molecule has 2 rings (SSSR count). The minimum atomic E-state index is -0.417. The van der Waals surface area contributed by atoms with E-state index in [1.807, 2.05) is 6.92 Å². The number of benzene rings is 1. The average molecular weight is 323 g/mol.